The minimum absolute atomic E-state index is 0.00189. The molecule has 0 aliphatic heterocycles. The zero-order valence-electron chi connectivity index (χ0n) is 11.3. The maximum absolute atomic E-state index is 12.2. The Morgan fingerprint density at radius 3 is 2.29 bits per heavy atom. The predicted octanol–water partition coefficient (Wildman–Crippen LogP) is 3.28. The molecule has 0 aromatic heterocycles. The van der Waals surface area contributed by atoms with Gasteiger partial charge in [0.1, 0.15) is 11.3 Å². The maximum Gasteiger partial charge on any atom is 0.329 e. The summed E-state index contributed by atoms with van der Waals surface area (Å²) in [4.78, 5) is 11.9. The van der Waals surface area contributed by atoms with Gasteiger partial charge in [-0.3, -0.25) is 4.31 Å². The second-order valence-corrected chi connectivity index (χ2v) is 7.26. The quantitative estimate of drug-likeness (QED) is 0.566. The molecule has 0 bridgehead atoms. The van der Waals surface area contributed by atoms with Gasteiger partial charge < -0.3 is 4.74 Å². The Morgan fingerprint density at radius 2 is 1.86 bits per heavy atom. The first-order valence-corrected chi connectivity index (χ1v) is 8.85. The average molecular weight is 375 g/mol. The molecule has 0 fully saturated rings. The van der Waals surface area contributed by atoms with E-state index in [9.17, 15) is 13.2 Å². The number of sulfonamides is 1. The molecule has 0 saturated carbocycles. The van der Waals surface area contributed by atoms with Crippen molar-refractivity contribution in [2.24, 2.45) is 0 Å². The number of benzene rings is 1. The summed E-state index contributed by atoms with van der Waals surface area (Å²) >= 11 is 17.6. The Kier molecular flexibility index (Phi) is 6.59. The van der Waals surface area contributed by atoms with Gasteiger partial charge in [0.2, 0.25) is 10.0 Å². The lowest BCUT2D eigenvalue weighted by molar-refractivity contribution is -0.144. The average Bonchev–Trinajstić information content (AvgIpc) is 2.42. The van der Waals surface area contributed by atoms with E-state index in [1.165, 1.54) is 19.1 Å². The van der Waals surface area contributed by atoms with Gasteiger partial charge in [0.05, 0.1) is 22.3 Å². The van der Waals surface area contributed by atoms with Gasteiger partial charge in [0.15, 0.2) is 0 Å². The fraction of sp³-hybridized carbons (Fsp3) is 0.417. The first-order valence-electron chi connectivity index (χ1n) is 5.95. The zero-order chi connectivity index (χ0) is 16.2. The number of hydrogen-bond acceptors (Lipinski definition) is 4. The van der Waals surface area contributed by atoms with Gasteiger partial charge in [-0.2, -0.15) is 0 Å². The van der Waals surface area contributed by atoms with Crippen molar-refractivity contribution in [3.05, 3.63) is 28.2 Å². The summed E-state index contributed by atoms with van der Waals surface area (Å²) in [6.45, 7) is 3.11. The minimum atomic E-state index is -3.99. The van der Waals surface area contributed by atoms with Gasteiger partial charge in [-0.25, -0.2) is 13.2 Å². The fourth-order valence-electron chi connectivity index (χ4n) is 1.68. The zero-order valence-corrected chi connectivity index (χ0v) is 14.4. The standard InChI is InChI=1S/C12H14Cl3NO4S/c1-3-20-12(17)8(2)16(21(18,19)7-13)11-9(14)5-4-6-10(11)15/h4-6,8H,3,7H2,1-2H3. The summed E-state index contributed by atoms with van der Waals surface area (Å²) in [7, 11) is -3.99. The third-order valence-electron chi connectivity index (χ3n) is 2.57. The molecule has 1 aromatic carbocycles. The summed E-state index contributed by atoms with van der Waals surface area (Å²) in [5.41, 5.74) is 0.00189. The molecule has 21 heavy (non-hydrogen) atoms. The highest BCUT2D eigenvalue weighted by atomic mass is 35.5. The molecular formula is C12H14Cl3NO4S. The smallest absolute Gasteiger partial charge is 0.329 e. The molecule has 118 valence electrons. The first kappa shape index (κ1) is 18.4. The molecule has 0 amide bonds. The van der Waals surface area contributed by atoms with E-state index in [0.29, 0.717) is 0 Å². The molecule has 1 aromatic rings. The second-order valence-electron chi connectivity index (χ2n) is 4.02. The van der Waals surface area contributed by atoms with Crippen LogP contribution in [0.1, 0.15) is 13.8 Å². The SMILES string of the molecule is CCOC(=O)C(C)N(c1c(Cl)cccc1Cl)S(=O)(=O)CCl. The molecule has 0 radical (unpaired) electrons. The summed E-state index contributed by atoms with van der Waals surface area (Å²) in [5.74, 6) is -0.720. The number of anilines is 1. The van der Waals surface area contributed by atoms with Crippen LogP contribution in [0.3, 0.4) is 0 Å². The normalized spacial score (nSPS) is 12.8. The lowest BCUT2D eigenvalue weighted by Crippen LogP contribution is -2.45. The van der Waals surface area contributed by atoms with Crippen molar-refractivity contribution in [2.75, 3.05) is 16.1 Å². The predicted molar refractivity (Wildman–Crippen MR) is 84.7 cm³/mol. The van der Waals surface area contributed by atoms with Crippen LogP contribution >= 0.6 is 34.8 Å². The highest BCUT2D eigenvalue weighted by Gasteiger charge is 2.35. The molecule has 1 atom stereocenters. The van der Waals surface area contributed by atoms with E-state index in [4.69, 9.17) is 39.5 Å². The van der Waals surface area contributed by atoms with Crippen LogP contribution in [-0.4, -0.2) is 32.2 Å². The monoisotopic (exact) mass is 373 g/mol. The van der Waals surface area contributed by atoms with E-state index in [1.807, 2.05) is 0 Å². The summed E-state index contributed by atoms with van der Waals surface area (Å²) < 4.78 is 30.1. The molecule has 0 aliphatic rings. The van der Waals surface area contributed by atoms with Crippen molar-refractivity contribution in [1.29, 1.82) is 0 Å². The van der Waals surface area contributed by atoms with Crippen LogP contribution in [0, 0.1) is 0 Å². The van der Waals surface area contributed by atoms with Gasteiger partial charge in [-0.15, -0.1) is 11.6 Å². The largest absolute Gasteiger partial charge is 0.464 e. The Balaban J connectivity index is 3.44. The summed E-state index contributed by atoms with van der Waals surface area (Å²) in [5, 5.41) is -0.544. The van der Waals surface area contributed by atoms with Gasteiger partial charge in [0.25, 0.3) is 0 Å². The number of hydrogen-bond donors (Lipinski definition) is 0. The van der Waals surface area contributed by atoms with Crippen LogP contribution in [0.15, 0.2) is 18.2 Å². The van der Waals surface area contributed by atoms with E-state index in [0.717, 1.165) is 4.31 Å². The molecular weight excluding hydrogens is 361 g/mol. The molecule has 0 aliphatic carbocycles. The maximum atomic E-state index is 12.2. The van der Waals surface area contributed by atoms with Gasteiger partial charge in [-0.1, -0.05) is 29.3 Å². The number of carbonyl (C=O) groups is 1. The molecule has 1 rings (SSSR count). The number of rotatable bonds is 6. The van der Waals surface area contributed by atoms with Gasteiger partial charge in [0, 0.05) is 0 Å². The Hall–Kier alpha value is -0.690. The Labute approximate surface area is 138 Å². The van der Waals surface area contributed by atoms with E-state index in [-0.39, 0.29) is 22.3 Å². The number of halogens is 3. The number of para-hydroxylation sites is 1. The van der Waals surface area contributed by atoms with E-state index < -0.39 is 27.2 Å². The van der Waals surface area contributed by atoms with Crippen molar-refractivity contribution >= 4 is 56.5 Å². The fourth-order valence-corrected chi connectivity index (χ4v) is 3.83. The molecule has 0 spiro atoms. The van der Waals surface area contributed by atoms with Crippen LogP contribution in [-0.2, 0) is 19.6 Å². The van der Waals surface area contributed by atoms with Crippen molar-refractivity contribution < 1.29 is 17.9 Å². The summed E-state index contributed by atoms with van der Waals surface area (Å²) in [6.07, 6.45) is 0. The Bertz CT molecular complexity index is 601. The van der Waals surface area contributed by atoms with Crippen molar-refractivity contribution in [1.82, 2.24) is 0 Å². The van der Waals surface area contributed by atoms with Crippen LogP contribution in [0.4, 0.5) is 5.69 Å². The molecule has 9 heteroatoms. The number of alkyl halides is 1. The van der Waals surface area contributed by atoms with E-state index in [1.54, 1.807) is 13.0 Å². The van der Waals surface area contributed by atoms with E-state index >= 15 is 0 Å². The molecule has 5 nitrogen and oxygen atoms in total. The minimum Gasteiger partial charge on any atom is -0.464 e. The number of carbonyl (C=O) groups excluding carboxylic acids is 1. The van der Waals surface area contributed by atoms with Crippen LogP contribution in [0.5, 0.6) is 0 Å². The molecule has 0 N–H and O–H groups in total. The third-order valence-corrected chi connectivity index (χ3v) is 5.39. The lowest BCUT2D eigenvalue weighted by atomic mass is 10.2. The van der Waals surface area contributed by atoms with Crippen molar-refractivity contribution in [2.45, 2.75) is 19.9 Å². The van der Waals surface area contributed by atoms with Crippen LogP contribution in [0.2, 0.25) is 10.0 Å². The molecule has 0 heterocycles. The first-order chi connectivity index (χ1) is 9.76. The number of esters is 1. The van der Waals surface area contributed by atoms with Gasteiger partial charge in [-0.05, 0) is 26.0 Å². The van der Waals surface area contributed by atoms with Crippen molar-refractivity contribution in [3.63, 3.8) is 0 Å². The molecule has 1 unspecified atom stereocenters. The second kappa shape index (κ2) is 7.54. The Morgan fingerprint density at radius 1 is 1.33 bits per heavy atom. The van der Waals surface area contributed by atoms with Crippen LogP contribution < -0.4 is 4.31 Å². The molecule has 0 saturated heterocycles. The van der Waals surface area contributed by atoms with E-state index in [2.05, 4.69) is 0 Å². The van der Waals surface area contributed by atoms with Gasteiger partial charge >= 0.3 is 5.97 Å². The summed E-state index contributed by atoms with van der Waals surface area (Å²) in [6, 6.07) is 3.36. The number of ether oxygens (including phenoxy) is 1. The van der Waals surface area contributed by atoms with Crippen molar-refractivity contribution in [3.8, 4) is 0 Å². The highest BCUT2D eigenvalue weighted by molar-refractivity contribution is 7.94. The highest BCUT2D eigenvalue weighted by Crippen LogP contribution is 2.37. The lowest BCUT2D eigenvalue weighted by Gasteiger charge is -2.29. The topological polar surface area (TPSA) is 63.7 Å². The van der Waals surface area contributed by atoms with Crippen LogP contribution in [0.25, 0.3) is 0 Å². The third kappa shape index (κ3) is 4.16. The number of nitrogens with zero attached hydrogens (tertiary/aromatic N) is 1.